The number of phenolic OH excluding ortho intramolecular Hbond substituents is 1. The molecule has 3 N–H and O–H groups in total. The van der Waals surface area contributed by atoms with Crippen molar-refractivity contribution < 1.29 is 14.8 Å². The van der Waals surface area contributed by atoms with Gasteiger partial charge in [0.1, 0.15) is 5.75 Å². The molecule has 0 aliphatic heterocycles. The number of carbonyl (C=O) groups is 1. The third-order valence-corrected chi connectivity index (χ3v) is 3.45. The fourth-order valence-electron chi connectivity index (χ4n) is 1.70. The summed E-state index contributed by atoms with van der Waals surface area (Å²) < 4.78 is 0.736. The van der Waals surface area contributed by atoms with Gasteiger partial charge in [-0.15, -0.1) is 0 Å². The van der Waals surface area contributed by atoms with Crippen LogP contribution >= 0.6 is 28.1 Å². The highest BCUT2D eigenvalue weighted by Gasteiger charge is 2.13. The Kier molecular flexibility index (Phi) is 5.24. The van der Waals surface area contributed by atoms with Crippen LogP contribution in [0.1, 0.15) is 10.4 Å². The van der Waals surface area contributed by atoms with Gasteiger partial charge in [0.2, 0.25) is 0 Å². The minimum absolute atomic E-state index is 0.0266. The molecule has 2 aromatic rings. The molecule has 0 atom stereocenters. The fraction of sp³-hybridized carbons (Fsp3) is 0. The second-order valence-electron chi connectivity index (χ2n) is 4.38. The van der Waals surface area contributed by atoms with E-state index in [1.54, 1.807) is 24.3 Å². The molecule has 0 heterocycles. The molecule has 0 aromatic heterocycles. The normalized spacial score (nSPS) is 9.96. The molecule has 118 valence electrons. The lowest BCUT2D eigenvalue weighted by Crippen LogP contribution is -2.34. The number of hydrogen-bond donors (Lipinski definition) is 3. The van der Waals surface area contributed by atoms with E-state index >= 15 is 0 Å². The zero-order valence-electron chi connectivity index (χ0n) is 11.4. The van der Waals surface area contributed by atoms with Gasteiger partial charge in [-0.3, -0.25) is 20.2 Å². The van der Waals surface area contributed by atoms with Crippen molar-refractivity contribution in [2.24, 2.45) is 0 Å². The summed E-state index contributed by atoms with van der Waals surface area (Å²) >= 11 is 8.23. The van der Waals surface area contributed by atoms with Crippen molar-refractivity contribution in [3.8, 4) is 5.75 Å². The van der Waals surface area contributed by atoms with E-state index in [9.17, 15) is 20.0 Å². The largest absolute Gasteiger partial charge is 0.506 e. The number of phenols is 1. The first kappa shape index (κ1) is 16.8. The molecule has 0 aliphatic rings. The van der Waals surface area contributed by atoms with E-state index in [4.69, 9.17) is 12.2 Å². The number of hydrogen-bond acceptors (Lipinski definition) is 5. The highest BCUT2D eigenvalue weighted by atomic mass is 79.9. The first-order valence-corrected chi connectivity index (χ1v) is 7.42. The highest BCUT2D eigenvalue weighted by Crippen LogP contribution is 2.27. The van der Waals surface area contributed by atoms with Crippen molar-refractivity contribution in [1.82, 2.24) is 5.32 Å². The predicted octanol–water partition coefficient (Wildman–Crippen LogP) is 3.19. The first-order valence-electron chi connectivity index (χ1n) is 6.22. The minimum atomic E-state index is -0.603. The SMILES string of the molecule is O=C(NC(=S)Nc1cc([N+](=O)[O-])ccc1O)c1cccc(Br)c1. The van der Waals surface area contributed by atoms with Crippen molar-refractivity contribution in [2.45, 2.75) is 0 Å². The first-order chi connectivity index (χ1) is 10.9. The summed E-state index contributed by atoms with van der Waals surface area (Å²) in [6.07, 6.45) is 0. The Morgan fingerprint density at radius 1 is 1.26 bits per heavy atom. The molecular formula is C14H10BrN3O4S. The van der Waals surface area contributed by atoms with Crippen LogP contribution in [0.4, 0.5) is 11.4 Å². The molecule has 0 radical (unpaired) electrons. The molecule has 0 unspecified atom stereocenters. The number of thiocarbonyl (C=S) groups is 1. The van der Waals surface area contributed by atoms with Crippen LogP contribution in [0.15, 0.2) is 46.9 Å². The van der Waals surface area contributed by atoms with Gasteiger partial charge in [0, 0.05) is 22.2 Å². The zero-order chi connectivity index (χ0) is 17.0. The predicted molar refractivity (Wildman–Crippen MR) is 92.6 cm³/mol. The molecule has 0 bridgehead atoms. The Labute approximate surface area is 144 Å². The number of rotatable bonds is 3. The van der Waals surface area contributed by atoms with Crippen LogP contribution in [0.2, 0.25) is 0 Å². The van der Waals surface area contributed by atoms with E-state index in [0.717, 1.165) is 16.6 Å². The van der Waals surface area contributed by atoms with E-state index in [2.05, 4.69) is 26.6 Å². The van der Waals surface area contributed by atoms with Gasteiger partial charge in [0.15, 0.2) is 5.11 Å². The summed E-state index contributed by atoms with van der Waals surface area (Å²) in [4.78, 5) is 22.2. The molecule has 0 aliphatic carbocycles. The van der Waals surface area contributed by atoms with E-state index in [-0.39, 0.29) is 22.2 Å². The molecule has 2 aromatic carbocycles. The number of anilines is 1. The molecule has 7 nitrogen and oxygen atoms in total. The van der Waals surface area contributed by atoms with Crippen molar-refractivity contribution in [1.29, 1.82) is 0 Å². The number of nitrogens with zero attached hydrogens (tertiary/aromatic N) is 1. The van der Waals surface area contributed by atoms with Crippen LogP contribution in [0, 0.1) is 10.1 Å². The molecule has 1 amide bonds. The summed E-state index contributed by atoms with van der Waals surface area (Å²) in [7, 11) is 0. The van der Waals surface area contributed by atoms with E-state index in [1.165, 1.54) is 6.07 Å². The van der Waals surface area contributed by atoms with Crippen LogP contribution < -0.4 is 10.6 Å². The number of amides is 1. The van der Waals surface area contributed by atoms with Crippen molar-refractivity contribution >= 4 is 50.5 Å². The van der Waals surface area contributed by atoms with Gasteiger partial charge in [0.05, 0.1) is 10.6 Å². The summed E-state index contributed by atoms with van der Waals surface area (Å²) in [6.45, 7) is 0. The maximum absolute atomic E-state index is 12.0. The second kappa shape index (κ2) is 7.16. The smallest absolute Gasteiger partial charge is 0.271 e. The van der Waals surface area contributed by atoms with Crippen LogP contribution in [-0.4, -0.2) is 21.0 Å². The van der Waals surface area contributed by atoms with Crippen LogP contribution in [0.25, 0.3) is 0 Å². The molecule has 0 spiro atoms. The number of halogens is 1. The van der Waals surface area contributed by atoms with Gasteiger partial charge in [-0.25, -0.2) is 0 Å². The Balaban J connectivity index is 2.09. The van der Waals surface area contributed by atoms with Crippen LogP contribution in [0.3, 0.4) is 0 Å². The third-order valence-electron chi connectivity index (χ3n) is 2.75. The van der Waals surface area contributed by atoms with E-state index < -0.39 is 10.8 Å². The van der Waals surface area contributed by atoms with Gasteiger partial charge in [-0.1, -0.05) is 22.0 Å². The monoisotopic (exact) mass is 395 g/mol. The number of carbonyl (C=O) groups excluding carboxylic acids is 1. The zero-order valence-corrected chi connectivity index (χ0v) is 13.8. The average Bonchev–Trinajstić information content (AvgIpc) is 2.49. The van der Waals surface area contributed by atoms with Crippen molar-refractivity contribution in [2.75, 3.05) is 5.32 Å². The number of nitro groups is 1. The van der Waals surface area contributed by atoms with Crippen LogP contribution in [0.5, 0.6) is 5.75 Å². The van der Waals surface area contributed by atoms with Gasteiger partial charge >= 0.3 is 0 Å². The number of non-ortho nitro benzene ring substituents is 1. The lowest BCUT2D eigenvalue weighted by Gasteiger charge is -2.11. The van der Waals surface area contributed by atoms with E-state index in [0.29, 0.717) is 5.56 Å². The van der Waals surface area contributed by atoms with E-state index in [1.807, 2.05) is 0 Å². The minimum Gasteiger partial charge on any atom is -0.506 e. The number of aromatic hydroxyl groups is 1. The molecule has 9 heteroatoms. The molecule has 0 saturated heterocycles. The van der Waals surface area contributed by atoms with Crippen molar-refractivity contribution in [3.05, 3.63) is 62.6 Å². The highest BCUT2D eigenvalue weighted by molar-refractivity contribution is 9.10. The van der Waals surface area contributed by atoms with Gasteiger partial charge in [0.25, 0.3) is 11.6 Å². The molecule has 23 heavy (non-hydrogen) atoms. The van der Waals surface area contributed by atoms with Gasteiger partial charge in [-0.2, -0.15) is 0 Å². The quantitative estimate of drug-likeness (QED) is 0.319. The lowest BCUT2D eigenvalue weighted by molar-refractivity contribution is -0.384. The lowest BCUT2D eigenvalue weighted by atomic mass is 10.2. The third kappa shape index (κ3) is 4.47. The van der Waals surface area contributed by atoms with Gasteiger partial charge < -0.3 is 10.4 Å². The number of benzene rings is 2. The maximum Gasteiger partial charge on any atom is 0.271 e. The molecule has 0 fully saturated rings. The average molecular weight is 396 g/mol. The topological polar surface area (TPSA) is 104 Å². The summed E-state index contributed by atoms with van der Waals surface area (Å²) in [6, 6.07) is 10.1. The standard InChI is InChI=1S/C14H10BrN3O4S/c15-9-3-1-2-8(6-9)13(20)17-14(23)16-11-7-10(18(21)22)4-5-12(11)19/h1-7,19H,(H2,16,17,20,23). The Bertz CT molecular complexity index is 797. The number of nitro benzene ring substituents is 1. The molecule has 0 saturated carbocycles. The molecule has 2 rings (SSSR count). The fourth-order valence-corrected chi connectivity index (χ4v) is 2.30. The van der Waals surface area contributed by atoms with Crippen molar-refractivity contribution in [3.63, 3.8) is 0 Å². The second-order valence-corrected chi connectivity index (χ2v) is 5.70. The summed E-state index contributed by atoms with van der Waals surface area (Å²) in [5.41, 5.74) is 0.192. The summed E-state index contributed by atoms with van der Waals surface area (Å²) in [5, 5.41) is 25.3. The van der Waals surface area contributed by atoms with Gasteiger partial charge in [-0.05, 0) is 36.5 Å². The van der Waals surface area contributed by atoms with Crippen LogP contribution in [-0.2, 0) is 0 Å². The Morgan fingerprint density at radius 2 is 2.00 bits per heavy atom. The Hall–Kier alpha value is -2.52. The number of nitrogens with one attached hydrogen (secondary N) is 2. The summed E-state index contributed by atoms with van der Waals surface area (Å²) in [5.74, 6) is -0.677. The maximum atomic E-state index is 12.0. The Morgan fingerprint density at radius 3 is 2.65 bits per heavy atom. The molecular weight excluding hydrogens is 386 g/mol.